The van der Waals surface area contributed by atoms with Gasteiger partial charge in [0.05, 0.1) is 12.2 Å². The summed E-state index contributed by atoms with van der Waals surface area (Å²) in [5.74, 6) is -0.809. The van der Waals surface area contributed by atoms with Crippen LogP contribution in [0.1, 0.15) is 34.3 Å². The number of fused-ring (bicyclic) bond motifs is 1. The van der Waals surface area contributed by atoms with Gasteiger partial charge in [-0.2, -0.15) is 0 Å². The summed E-state index contributed by atoms with van der Waals surface area (Å²) in [6, 6.07) is 13.5. The van der Waals surface area contributed by atoms with Crippen molar-refractivity contribution >= 4 is 39.0 Å². The molecular weight excluding hydrogens is 434 g/mol. The number of hydrogen-bond acceptors (Lipinski definition) is 5. The molecule has 0 bridgehead atoms. The Labute approximate surface area is 177 Å². The van der Waals surface area contributed by atoms with Crippen LogP contribution in [-0.4, -0.2) is 41.0 Å². The SMILES string of the molecule is O=C1NC(=O)c2ccc(Br)cc2C1=CNc1ccc(CN2CCCC2CO)cc1. The third-order valence-electron chi connectivity index (χ3n) is 5.42. The van der Waals surface area contributed by atoms with Gasteiger partial charge in [0.2, 0.25) is 0 Å². The van der Waals surface area contributed by atoms with Gasteiger partial charge in [-0.3, -0.25) is 19.8 Å². The Morgan fingerprint density at radius 3 is 2.69 bits per heavy atom. The van der Waals surface area contributed by atoms with Gasteiger partial charge in [0.25, 0.3) is 11.8 Å². The highest BCUT2D eigenvalue weighted by Crippen LogP contribution is 2.27. The standard InChI is InChI=1S/C22H22BrN3O3/c23-15-5-8-18-19(10-15)20(22(29)25-21(18)28)11-24-16-6-3-14(4-7-16)12-26-9-1-2-17(26)13-27/h3-8,10-11,17,24,27H,1-2,9,12-13H2,(H,25,28,29). The van der Waals surface area contributed by atoms with Crippen molar-refractivity contribution in [1.82, 2.24) is 10.2 Å². The number of rotatable bonds is 5. The lowest BCUT2D eigenvalue weighted by molar-refractivity contribution is -0.114. The first-order valence-electron chi connectivity index (χ1n) is 9.61. The maximum absolute atomic E-state index is 12.3. The molecule has 2 aromatic carbocycles. The molecule has 2 aliphatic heterocycles. The molecule has 0 aromatic heterocycles. The van der Waals surface area contributed by atoms with Crippen LogP contribution in [0.5, 0.6) is 0 Å². The van der Waals surface area contributed by atoms with Gasteiger partial charge in [-0.15, -0.1) is 0 Å². The largest absolute Gasteiger partial charge is 0.395 e. The number of hydrogen-bond donors (Lipinski definition) is 3. The van der Waals surface area contributed by atoms with Gasteiger partial charge in [0.15, 0.2) is 0 Å². The van der Waals surface area contributed by atoms with E-state index >= 15 is 0 Å². The number of aliphatic hydroxyl groups excluding tert-OH is 1. The average molecular weight is 456 g/mol. The van der Waals surface area contributed by atoms with Gasteiger partial charge in [-0.05, 0) is 55.3 Å². The number of halogens is 1. The van der Waals surface area contributed by atoms with E-state index in [1.54, 1.807) is 24.4 Å². The zero-order chi connectivity index (χ0) is 20.4. The highest BCUT2D eigenvalue weighted by molar-refractivity contribution is 9.10. The first-order chi connectivity index (χ1) is 14.0. The second-order valence-corrected chi connectivity index (χ2v) is 8.24. The summed E-state index contributed by atoms with van der Waals surface area (Å²) in [5.41, 5.74) is 3.51. The van der Waals surface area contributed by atoms with Crippen molar-refractivity contribution in [1.29, 1.82) is 0 Å². The fourth-order valence-corrected chi connectivity index (χ4v) is 4.21. The summed E-state index contributed by atoms with van der Waals surface area (Å²) in [4.78, 5) is 26.7. The maximum atomic E-state index is 12.3. The summed E-state index contributed by atoms with van der Waals surface area (Å²) in [6.07, 6.45) is 3.80. The molecule has 6 nitrogen and oxygen atoms in total. The number of nitrogens with one attached hydrogen (secondary N) is 2. The minimum atomic E-state index is -0.422. The van der Waals surface area contributed by atoms with Gasteiger partial charge in [0.1, 0.15) is 0 Å². The second-order valence-electron chi connectivity index (χ2n) is 7.32. The molecule has 29 heavy (non-hydrogen) atoms. The van der Waals surface area contributed by atoms with Crippen molar-refractivity contribution in [2.75, 3.05) is 18.5 Å². The normalized spacial score (nSPS) is 20.6. The molecule has 0 spiro atoms. The third kappa shape index (κ3) is 4.27. The number of aliphatic hydroxyl groups is 1. The zero-order valence-electron chi connectivity index (χ0n) is 15.8. The third-order valence-corrected chi connectivity index (χ3v) is 5.91. The van der Waals surface area contributed by atoms with E-state index in [9.17, 15) is 14.7 Å². The highest BCUT2D eigenvalue weighted by atomic mass is 79.9. The average Bonchev–Trinajstić information content (AvgIpc) is 3.16. The number of anilines is 1. The molecule has 4 rings (SSSR count). The van der Waals surface area contributed by atoms with Crippen molar-refractivity contribution in [2.24, 2.45) is 0 Å². The van der Waals surface area contributed by atoms with Crippen LogP contribution < -0.4 is 10.6 Å². The van der Waals surface area contributed by atoms with Gasteiger partial charge in [0, 0.05) is 40.1 Å². The van der Waals surface area contributed by atoms with E-state index in [1.165, 1.54) is 5.56 Å². The lowest BCUT2D eigenvalue weighted by atomic mass is 9.95. The lowest BCUT2D eigenvalue weighted by Crippen LogP contribution is -2.36. The number of benzene rings is 2. The van der Waals surface area contributed by atoms with Crippen LogP contribution in [0.15, 0.2) is 53.1 Å². The Morgan fingerprint density at radius 1 is 1.14 bits per heavy atom. The smallest absolute Gasteiger partial charge is 0.260 e. The van der Waals surface area contributed by atoms with Crippen LogP contribution >= 0.6 is 15.9 Å². The molecule has 0 aliphatic carbocycles. The topological polar surface area (TPSA) is 81.7 Å². The van der Waals surface area contributed by atoms with Gasteiger partial charge in [-0.25, -0.2) is 0 Å². The first-order valence-corrected chi connectivity index (χ1v) is 10.4. The van der Waals surface area contributed by atoms with Crippen LogP contribution in [-0.2, 0) is 11.3 Å². The van der Waals surface area contributed by atoms with Crippen LogP contribution in [0.25, 0.3) is 5.57 Å². The molecule has 1 unspecified atom stereocenters. The molecule has 2 heterocycles. The Kier molecular flexibility index (Phi) is 5.80. The lowest BCUT2D eigenvalue weighted by Gasteiger charge is -2.22. The number of carbonyl (C=O) groups is 2. The maximum Gasteiger partial charge on any atom is 0.260 e. The Bertz CT molecular complexity index is 972. The quantitative estimate of drug-likeness (QED) is 0.476. The van der Waals surface area contributed by atoms with Crippen LogP contribution in [0.2, 0.25) is 0 Å². The van der Waals surface area contributed by atoms with Crippen molar-refractivity contribution < 1.29 is 14.7 Å². The summed E-state index contributed by atoms with van der Waals surface area (Å²) >= 11 is 3.40. The molecule has 150 valence electrons. The van der Waals surface area contributed by atoms with Gasteiger partial charge < -0.3 is 10.4 Å². The molecule has 1 atom stereocenters. The fourth-order valence-electron chi connectivity index (χ4n) is 3.85. The number of carbonyl (C=O) groups excluding carboxylic acids is 2. The minimum Gasteiger partial charge on any atom is -0.395 e. The van der Waals surface area contributed by atoms with Crippen LogP contribution in [0.3, 0.4) is 0 Å². The Hall–Kier alpha value is -2.48. The summed E-state index contributed by atoms with van der Waals surface area (Å²) in [6.45, 7) is 2.04. The predicted octanol–water partition coefficient (Wildman–Crippen LogP) is 3.13. The molecule has 2 aliphatic rings. The summed E-state index contributed by atoms with van der Waals surface area (Å²) in [7, 11) is 0. The number of imide groups is 1. The van der Waals surface area contributed by atoms with E-state index < -0.39 is 5.91 Å². The van der Waals surface area contributed by atoms with Crippen LogP contribution in [0.4, 0.5) is 5.69 Å². The Balaban J connectivity index is 1.49. The van der Waals surface area contributed by atoms with E-state index in [1.807, 2.05) is 24.3 Å². The number of nitrogens with zero attached hydrogens (tertiary/aromatic N) is 1. The van der Waals surface area contributed by atoms with Crippen molar-refractivity contribution in [3.05, 3.63) is 69.8 Å². The van der Waals surface area contributed by atoms with E-state index in [-0.39, 0.29) is 18.6 Å². The second kappa shape index (κ2) is 8.49. The Morgan fingerprint density at radius 2 is 1.93 bits per heavy atom. The molecule has 0 saturated carbocycles. The van der Waals surface area contributed by atoms with E-state index in [4.69, 9.17) is 0 Å². The van der Waals surface area contributed by atoms with E-state index in [2.05, 4.69) is 31.5 Å². The molecular formula is C22H22BrN3O3. The molecule has 1 fully saturated rings. The van der Waals surface area contributed by atoms with E-state index in [0.717, 1.165) is 36.1 Å². The molecule has 2 aromatic rings. The molecule has 2 amide bonds. The zero-order valence-corrected chi connectivity index (χ0v) is 17.4. The van der Waals surface area contributed by atoms with Crippen LogP contribution in [0, 0.1) is 0 Å². The number of likely N-dealkylation sites (tertiary alicyclic amines) is 1. The number of amides is 2. The fraction of sp³-hybridized carbons (Fsp3) is 0.273. The van der Waals surface area contributed by atoms with E-state index in [0.29, 0.717) is 16.7 Å². The molecule has 1 saturated heterocycles. The molecule has 3 N–H and O–H groups in total. The van der Waals surface area contributed by atoms with Gasteiger partial charge >= 0.3 is 0 Å². The van der Waals surface area contributed by atoms with Gasteiger partial charge in [-0.1, -0.05) is 28.1 Å². The molecule has 7 heteroatoms. The van der Waals surface area contributed by atoms with Crippen molar-refractivity contribution in [3.8, 4) is 0 Å². The highest BCUT2D eigenvalue weighted by Gasteiger charge is 2.27. The predicted molar refractivity (Wildman–Crippen MR) is 115 cm³/mol. The van der Waals surface area contributed by atoms with Crippen molar-refractivity contribution in [2.45, 2.75) is 25.4 Å². The monoisotopic (exact) mass is 455 g/mol. The summed E-state index contributed by atoms with van der Waals surface area (Å²) < 4.78 is 0.803. The summed E-state index contributed by atoms with van der Waals surface area (Å²) in [5, 5.41) is 15.0. The minimum absolute atomic E-state index is 0.204. The van der Waals surface area contributed by atoms with Crippen molar-refractivity contribution in [3.63, 3.8) is 0 Å². The molecule has 0 radical (unpaired) electrons. The first kappa shape index (κ1) is 19.8.